The number of nitrogens with zero attached hydrogens (tertiary/aromatic N) is 1. The maximum Gasteiger partial charge on any atom is 0.0568 e. The largest absolute Gasteiger partial charge is 0.393 e. The average molecular weight is 191 g/mol. The van der Waals surface area contributed by atoms with Gasteiger partial charge in [-0.1, -0.05) is 12.5 Å². The molecule has 1 aliphatic carbocycles. The summed E-state index contributed by atoms with van der Waals surface area (Å²) in [6, 6.07) is 6.02. The third kappa shape index (κ3) is 2.32. The average Bonchev–Trinajstić information content (AvgIpc) is 2.63. The van der Waals surface area contributed by atoms with Gasteiger partial charge in [-0.2, -0.15) is 0 Å². The van der Waals surface area contributed by atoms with Crippen LogP contribution in [0.25, 0.3) is 0 Å². The zero-order valence-corrected chi connectivity index (χ0v) is 8.39. The van der Waals surface area contributed by atoms with Crippen molar-refractivity contribution in [2.75, 3.05) is 0 Å². The second-order valence-corrected chi connectivity index (χ2v) is 4.12. The van der Waals surface area contributed by atoms with Crippen molar-refractivity contribution in [2.45, 2.75) is 38.2 Å². The standard InChI is InChI=1S/C12H17NO/c14-12-6-3-4-10(12)7-8-11-5-1-2-9-13-11/h1-2,5,9-10,12,14H,3-4,6-8H2. The van der Waals surface area contributed by atoms with Crippen LogP contribution in [0.1, 0.15) is 31.4 Å². The van der Waals surface area contributed by atoms with Crippen LogP contribution in [0.4, 0.5) is 0 Å². The smallest absolute Gasteiger partial charge is 0.0568 e. The lowest BCUT2D eigenvalue weighted by Crippen LogP contribution is -2.13. The predicted octanol–water partition coefficient (Wildman–Crippen LogP) is 2.18. The Morgan fingerprint density at radius 3 is 2.93 bits per heavy atom. The molecule has 1 heterocycles. The van der Waals surface area contributed by atoms with Crippen molar-refractivity contribution in [1.29, 1.82) is 0 Å². The molecule has 2 nitrogen and oxygen atoms in total. The van der Waals surface area contributed by atoms with Crippen LogP contribution in [0.2, 0.25) is 0 Å². The number of aliphatic hydroxyl groups excluding tert-OH is 1. The number of pyridine rings is 1. The maximum absolute atomic E-state index is 9.65. The molecule has 1 aromatic heterocycles. The van der Waals surface area contributed by atoms with Crippen LogP contribution in [0.5, 0.6) is 0 Å². The van der Waals surface area contributed by atoms with E-state index in [9.17, 15) is 5.11 Å². The number of hydrogen-bond acceptors (Lipinski definition) is 2. The van der Waals surface area contributed by atoms with Crippen LogP contribution in [0, 0.1) is 5.92 Å². The molecule has 1 aliphatic rings. The van der Waals surface area contributed by atoms with Crippen LogP contribution in [-0.4, -0.2) is 16.2 Å². The van der Waals surface area contributed by atoms with E-state index in [0.29, 0.717) is 5.92 Å². The molecule has 2 unspecified atom stereocenters. The number of hydrogen-bond donors (Lipinski definition) is 1. The SMILES string of the molecule is OC1CCCC1CCc1ccccn1. The van der Waals surface area contributed by atoms with E-state index in [4.69, 9.17) is 0 Å². The van der Waals surface area contributed by atoms with Crippen LogP contribution >= 0.6 is 0 Å². The molecule has 76 valence electrons. The first-order valence-electron chi connectivity index (χ1n) is 5.44. The van der Waals surface area contributed by atoms with Gasteiger partial charge in [-0.05, 0) is 43.7 Å². The first-order chi connectivity index (χ1) is 6.86. The summed E-state index contributed by atoms with van der Waals surface area (Å²) in [6.07, 6.45) is 7.23. The summed E-state index contributed by atoms with van der Waals surface area (Å²) in [4.78, 5) is 4.28. The van der Waals surface area contributed by atoms with Crippen molar-refractivity contribution in [3.8, 4) is 0 Å². The lowest BCUT2D eigenvalue weighted by Gasteiger charge is -2.13. The van der Waals surface area contributed by atoms with Crippen molar-refractivity contribution in [3.05, 3.63) is 30.1 Å². The van der Waals surface area contributed by atoms with E-state index < -0.39 is 0 Å². The Balaban J connectivity index is 1.82. The predicted molar refractivity (Wildman–Crippen MR) is 55.9 cm³/mol. The minimum atomic E-state index is -0.0567. The van der Waals surface area contributed by atoms with E-state index in [1.807, 2.05) is 18.3 Å². The second kappa shape index (κ2) is 4.56. The van der Waals surface area contributed by atoms with Gasteiger partial charge in [-0.3, -0.25) is 4.98 Å². The number of aromatic nitrogens is 1. The Bertz CT molecular complexity index is 273. The van der Waals surface area contributed by atoms with E-state index in [1.54, 1.807) is 0 Å². The van der Waals surface area contributed by atoms with Gasteiger partial charge in [0.25, 0.3) is 0 Å². The Labute approximate surface area is 85.0 Å². The monoisotopic (exact) mass is 191 g/mol. The second-order valence-electron chi connectivity index (χ2n) is 4.12. The lowest BCUT2D eigenvalue weighted by atomic mass is 9.98. The Kier molecular flexibility index (Phi) is 3.14. The minimum absolute atomic E-state index is 0.0567. The van der Waals surface area contributed by atoms with Gasteiger partial charge >= 0.3 is 0 Å². The fourth-order valence-corrected chi connectivity index (χ4v) is 2.23. The molecule has 1 aromatic rings. The lowest BCUT2D eigenvalue weighted by molar-refractivity contribution is 0.128. The third-order valence-corrected chi connectivity index (χ3v) is 3.12. The molecule has 0 bridgehead atoms. The summed E-state index contributed by atoms with van der Waals surface area (Å²) in [5, 5.41) is 9.65. The molecule has 1 fully saturated rings. The van der Waals surface area contributed by atoms with Gasteiger partial charge < -0.3 is 5.11 Å². The summed E-state index contributed by atoms with van der Waals surface area (Å²) in [6.45, 7) is 0. The van der Waals surface area contributed by atoms with Gasteiger partial charge in [0.15, 0.2) is 0 Å². The molecule has 1 N–H and O–H groups in total. The quantitative estimate of drug-likeness (QED) is 0.794. The Hall–Kier alpha value is -0.890. The maximum atomic E-state index is 9.65. The highest BCUT2D eigenvalue weighted by Crippen LogP contribution is 2.28. The van der Waals surface area contributed by atoms with Crippen molar-refractivity contribution in [2.24, 2.45) is 5.92 Å². The molecule has 2 heteroatoms. The van der Waals surface area contributed by atoms with E-state index in [2.05, 4.69) is 11.1 Å². The Morgan fingerprint density at radius 2 is 2.29 bits per heavy atom. The number of aliphatic hydroxyl groups is 1. The van der Waals surface area contributed by atoms with Gasteiger partial charge in [0.05, 0.1) is 6.10 Å². The molecule has 0 spiro atoms. The van der Waals surface area contributed by atoms with Crippen molar-refractivity contribution < 1.29 is 5.11 Å². The molecule has 0 aliphatic heterocycles. The van der Waals surface area contributed by atoms with Crippen LogP contribution in [0.15, 0.2) is 24.4 Å². The molecule has 2 rings (SSSR count). The van der Waals surface area contributed by atoms with Crippen molar-refractivity contribution in [3.63, 3.8) is 0 Å². The van der Waals surface area contributed by atoms with Crippen molar-refractivity contribution >= 4 is 0 Å². The minimum Gasteiger partial charge on any atom is -0.393 e. The molecule has 0 amide bonds. The fraction of sp³-hybridized carbons (Fsp3) is 0.583. The van der Waals surface area contributed by atoms with E-state index in [-0.39, 0.29) is 6.10 Å². The summed E-state index contributed by atoms with van der Waals surface area (Å²) in [5.74, 6) is 0.511. The molecule has 14 heavy (non-hydrogen) atoms. The molecule has 1 saturated carbocycles. The van der Waals surface area contributed by atoms with Gasteiger partial charge in [0.1, 0.15) is 0 Å². The van der Waals surface area contributed by atoms with Crippen LogP contribution in [0.3, 0.4) is 0 Å². The van der Waals surface area contributed by atoms with Crippen LogP contribution in [-0.2, 0) is 6.42 Å². The normalized spacial score (nSPS) is 26.6. The van der Waals surface area contributed by atoms with Gasteiger partial charge in [-0.15, -0.1) is 0 Å². The van der Waals surface area contributed by atoms with Crippen LogP contribution < -0.4 is 0 Å². The fourth-order valence-electron chi connectivity index (χ4n) is 2.23. The first kappa shape index (κ1) is 9.66. The summed E-state index contributed by atoms with van der Waals surface area (Å²) in [5.41, 5.74) is 1.15. The summed E-state index contributed by atoms with van der Waals surface area (Å²) in [7, 11) is 0. The summed E-state index contributed by atoms with van der Waals surface area (Å²) < 4.78 is 0. The van der Waals surface area contributed by atoms with Crippen molar-refractivity contribution in [1.82, 2.24) is 4.98 Å². The molecule has 0 aromatic carbocycles. The highest BCUT2D eigenvalue weighted by Gasteiger charge is 2.24. The molecular formula is C12H17NO. The topological polar surface area (TPSA) is 33.1 Å². The molecule has 0 saturated heterocycles. The van der Waals surface area contributed by atoms with E-state index in [0.717, 1.165) is 25.0 Å². The number of aryl methyl sites for hydroxylation is 1. The van der Waals surface area contributed by atoms with E-state index >= 15 is 0 Å². The van der Waals surface area contributed by atoms with Gasteiger partial charge in [0, 0.05) is 11.9 Å². The molecule has 2 atom stereocenters. The number of rotatable bonds is 3. The zero-order valence-electron chi connectivity index (χ0n) is 8.39. The van der Waals surface area contributed by atoms with E-state index in [1.165, 1.54) is 12.8 Å². The third-order valence-electron chi connectivity index (χ3n) is 3.12. The van der Waals surface area contributed by atoms with Gasteiger partial charge in [0.2, 0.25) is 0 Å². The first-order valence-corrected chi connectivity index (χ1v) is 5.44. The highest BCUT2D eigenvalue weighted by atomic mass is 16.3. The Morgan fingerprint density at radius 1 is 1.36 bits per heavy atom. The zero-order chi connectivity index (χ0) is 9.80. The highest BCUT2D eigenvalue weighted by molar-refractivity contribution is 5.03. The molecular weight excluding hydrogens is 174 g/mol. The van der Waals surface area contributed by atoms with Gasteiger partial charge in [-0.25, -0.2) is 0 Å². The molecule has 0 radical (unpaired) electrons. The summed E-state index contributed by atoms with van der Waals surface area (Å²) >= 11 is 0.